The Morgan fingerprint density at radius 1 is 1.08 bits per heavy atom. The fraction of sp³-hybridized carbons (Fsp3) is 0.0556. The van der Waals surface area contributed by atoms with E-state index >= 15 is 0 Å². The summed E-state index contributed by atoms with van der Waals surface area (Å²) in [6.45, 7) is 0. The highest BCUT2D eigenvalue weighted by Crippen LogP contribution is 2.14. The second-order valence-electron chi connectivity index (χ2n) is 4.96. The Morgan fingerprint density at radius 2 is 1.79 bits per heavy atom. The molecule has 0 aliphatic carbocycles. The number of halogens is 1. The molecule has 0 spiro atoms. The van der Waals surface area contributed by atoms with Crippen molar-refractivity contribution in [2.24, 2.45) is 0 Å². The smallest absolute Gasteiger partial charge is 0.287 e. The summed E-state index contributed by atoms with van der Waals surface area (Å²) in [6, 6.07) is 14.5. The molecule has 3 aromatic rings. The lowest BCUT2D eigenvalue weighted by Gasteiger charge is -2.07. The molecule has 0 bridgehead atoms. The fourth-order valence-electron chi connectivity index (χ4n) is 2.14. The first-order valence-electron chi connectivity index (χ1n) is 7.20. The van der Waals surface area contributed by atoms with Gasteiger partial charge in [-0.1, -0.05) is 42.1 Å². The standard InChI is InChI=1S/C18H13FN2O2S/c19-14-6-8-15(9-7-14)21-11-10-20-17(18(21)23)24-12-16(22)13-4-2-1-3-5-13/h1-11H,12H2. The molecule has 0 aliphatic rings. The van der Waals surface area contributed by atoms with Crippen LogP contribution in [0, 0.1) is 5.82 Å². The van der Waals surface area contributed by atoms with Crippen LogP contribution in [-0.4, -0.2) is 21.1 Å². The van der Waals surface area contributed by atoms with Crippen molar-refractivity contribution in [3.63, 3.8) is 0 Å². The first-order valence-corrected chi connectivity index (χ1v) is 8.18. The van der Waals surface area contributed by atoms with Crippen LogP contribution in [0.4, 0.5) is 4.39 Å². The number of hydrogen-bond donors (Lipinski definition) is 0. The van der Waals surface area contributed by atoms with Crippen molar-refractivity contribution in [1.82, 2.24) is 9.55 Å². The number of rotatable bonds is 5. The second kappa shape index (κ2) is 7.23. The lowest BCUT2D eigenvalue weighted by molar-refractivity contribution is 0.102. The summed E-state index contributed by atoms with van der Waals surface area (Å²) in [6.07, 6.45) is 3.00. The highest BCUT2D eigenvalue weighted by atomic mass is 32.2. The Balaban J connectivity index is 1.80. The molecule has 120 valence electrons. The summed E-state index contributed by atoms with van der Waals surface area (Å²) in [7, 11) is 0. The maximum Gasteiger partial charge on any atom is 0.287 e. The minimum absolute atomic E-state index is 0.0704. The summed E-state index contributed by atoms with van der Waals surface area (Å²) < 4.78 is 14.4. The monoisotopic (exact) mass is 340 g/mol. The first kappa shape index (κ1) is 16.1. The molecule has 0 aliphatic heterocycles. The van der Waals surface area contributed by atoms with Gasteiger partial charge >= 0.3 is 0 Å². The normalized spacial score (nSPS) is 10.5. The number of Topliss-reactive ketones (excluding diaryl/α,β-unsaturated/α-hetero) is 1. The molecule has 3 rings (SSSR count). The molecule has 0 unspecified atom stereocenters. The van der Waals surface area contributed by atoms with Gasteiger partial charge < -0.3 is 0 Å². The van der Waals surface area contributed by atoms with E-state index in [0.717, 1.165) is 11.8 Å². The molecule has 1 heterocycles. The average Bonchev–Trinajstić information content (AvgIpc) is 2.62. The molecule has 4 nitrogen and oxygen atoms in total. The van der Waals surface area contributed by atoms with Crippen molar-refractivity contribution < 1.29 is 9.18 Å². The maximum atomic E-state index is 13.0. The van der Waals surface area contributed by atoms with Gasteiger partial charge in [-0.25, -0.2) is 9.37 Å². The summed E-state index contributed by atoms with van der Waals surface area (Å²) in [5.74, 6) is -0.317. The number of carbonyl (C=O) groups excluding carboxylic acids is 1. The van der Waals surface area contributed by atoms with Crippen LogP contribution >= 0.6 is 11.8 Å². The molecule has 2 aromatic carbocycles. The van der Waals surface area contributed by atoms with Gasteiger partial charge in [0.2, 0.25) is 0 Å². The van der Waals surface area contributed by atoms with E-state index in [2.05, 4.69) is 4.98 Å². The molecule has 1 aromatic heterocycles. The minimum atomic E-state index is -0.371. The SMILES string of the molecule is O=C(CSc1nccn(-c2ccc(F)cc2)c1=O)c1ccccc1. The number of ketones is 1. The zero-order chi connectivity index (χ0) is 16.9. The zero-order valence-corrected chi connectivity index (χ0v) is 13.4. The molecule has 0 saturated heterocycles. The highest BCUT2D eigenvalue weighted by molar-refractivity contribution is 7.99. The van der Waals surface area contributed by atoms with Crippen LogP contribution in [0.25, 0.3) is 5.69 Å². The molecule has 0 atom stereocenters. The second-order valence-corrected chi connectivity index (χ2v) is 5.93. The molecular formula is C18H13FN2O2S. The van der Waals surface area contributed by atoms with Gasteiger partial charge in [0.15, 0.2) is 10.8 Å². The molecule has 0 fully saturated rings. The molecule has 24 heavy (non-hydrogen) atoms. The van der Waals surface area contributed by atoms with Crippen LogP contribution in [-0.2, 0) is 0 Å². The summed E-state index contributed by atoms with van der Waals surface area (Å²) in [5.41, 5.74) is 0.801. The lowest BCUT2D eigenvalue weighted by atomic mass is 10.2. The molecule has 0 N–H and O–H groups in total. The third-order valence-corrected chi connectivity index (χ3v) is 4.31. The van der Waals surface area contributed by atoms with E-state index in [-0.39, 0.29) is 27.9 Å². The Morgan fingerprint density at radius 3 is 2.50 bits per heavy atom. The fourth-order valence-corrected chi connectivity index (χ4v) is 2.93. The Kier molecular flexibility index (Phi) is 4.86. The molecule has 6 heteroatoms. The van der Waals surface area contributed by atoms with Gasteiger partial charge in [-0.15, -0.1) is 0 Å². The van der Waals surface area contributed by atoms with Crippen LogP contribution in [0.3, 0.4) is 0 Å². The van der Waals surface area contributed by atoms with Gasteiger partial charge in [-0.2, -0.15) is 0 Å². The number of nitrogens with zero attached hydrogens (tertiary/aromatic N) is 2. The van der Waals surface area contributed by atoms with E-state index in [1.807, 2.05) is 6.07 Å². The van der Waals surface area contributed by atoms with Crippen LogP contribution < -0.4 is 5.56 Å². The van der Waals surface area contributed by atoms with E-state index in [0.29, 0.717) is 11.3 Å². The van der Waals surface area contributed by atoms with Gasteiger partial charge in [0, 0.05) is 23.6 Å². The Labute approximate surface area is 142 Å². The zero-order valence-electron chi connectivity index (χ0n) is 12.6. The number of aromatic nitrogens is 2. The van der Waals surface area contributed by atoms with Crippen LogP contribution in [0.15, 0.2) is 76.8 Å². The molecule has 0 saturated carbocycles. The number of hydrogen-bond acceptors (Lipinski definition) is 4. The van der Waals surface area contributed by atoms with Crippen LogP contribution in [0.2, 0.25) is 0 Å². The molecular weight excluding hydrogens is 327 g/mol. The van der Waals surface area contributed by atoms with Gasteiger partial charge in [0.25, 0.3) is 5.56 Å². The number of carbonyl (C=O) groups is 1. The number of thioether (sulfide) groups is 1. The van der Waals surface area contributed by atoms with Gasteiger partial charge in [0.1, 0.15) is 5.82 Å². The van der Waals surface area contributed by atoms with E-state index < -0.39 is 0 Å². The van der Waals surface area contributed by atoms with Crippen molar-refractivity contribution in [1.29, 1.82) is 0 Å². The summed E-state index contributed by atoms with van der Waals surface area (Å²) in [4.78, 5) is 28.7. The summed E-state index contributed by atoms with van der Waals surface area (Å²) in [5, 5.41) is 0.228. The van der Waals surface area contributed by atoms with Crippen molar-refractivity contribution in [3.05, 3.63) is 88.7 Å². The van der Waals surface area contributed by atoms with E-state index in [1.54, 1.807) is 24.3 Å². The van der Waals surface area contributed by atoms with E-state index in [4.69, 9.17) is 0 Å². The van der Waals surface area contributed by atoms with Crippen molar-refractivity contribution in [2.45, 2.75) is 5.03 Å². The molecule has 0 radical (unpaired) electrons. The first-order chi connectivity index (χ1) is 11.6. The maximum absolute atomic E-state index is 13.0. The Bertz CT molecular complexity index is 908. The lowest BCUT2D eigenvalue weighted by Crippen LogP contribution is -2.21. The minimum Gasteiger partial charge on any atom is -0.293 e. The van der Waals surface area contributed by atoms with Gasteiger partial charge in [-0.3, -0.25) is 14.2 Å². The average molecular weight is 340 g/mol. The van der Waals surface area contributed by atoms with Crippen molar-refractivity contribution in [2.75, 3.05) is 5.75 Å². The highest BCUT2D eigenvalue weighted by Gasteiger charge is 2.11. The number of benzene rings is 2. The third-order valence-electron chi connectivity index (χ3n) is 3.35. The predicted octanol–water partition coefficient (Wildman–Crippen LogP) is 3.35. The van der Waals surface area contributed by atoms with Crippen LogP contribution in [0.1, 0.15) is 10.4 Å². The van der Waals surface area contributed by atoms with E-state index in [9.17, 15) is 14.0 Å². The Hall–Kier alpha value is -2.73. The van der Waals surface area contributed by atoms with Crippen molar-refractivity contribution >= 4 is 17.5 Å². The van der Waals surface area contributed by atoms with Gasteiger partial charge in [0.05, 0.1) is 5.75 Å². The largest absolute Gasteiger partial charge is 0.293 e. The predicted molar refractivity (Wildman–Crippen MR) is 91.3 cm³/mol. The summed E-state index contributed by atoms with van der Waals surface area (Å²) >= 11 is 1.09. The van der Waals surface area contributed by atoms with Crippen molar-refractivity contribution in [3.8, 4) is 5.69 Å². The van der Waals surface area contributed by atoms with E-state index in [1.165, 1.54) is 41.2 Å². The quantitative estimate of drug-likeness (QED) is 0.528. The van der Waals surface area contributed by atoms with Crippen LogP contribution in [0.5, 0.6) is 0 Å². The third kappa shape index (κ3) is 3.60. The van der Waals surface area contributed by atoms with Gasteiger partial charge in [-0.05, 0) is 24.3 Å². The topological polar surface area (TPSA) is 52.0 Å². The molecule has 0 amide bonds.